The first-order valence-corrected chi connectivity index (χ1v) is 8.00. The number of ether oxygens (including phenoxy) is 1. The lowest BCUT2D eigenvalue weighted by Gasteiger charge is -2.17. The van der Waals surface area contributed by atoms with E-state index >= 15 is 0 Å². The summed E-state index contributed by atoms with van der Waals surface area (Å²) in [6, 6.07) is 12.4. The Bertz CT molecular complexity index is 916. The number of nitrogens with one attached hydrogen (secondary N) is 1. The van der Waals surface area contributed by atoms with E-state index in [-0.39, 0.29) is 11.5 Å². The van der Waals surface area contributed by atoms with Crippen molar-refractivity contribution in [2.75, 3.05) is 5.32 Å². The summed E-state index contributed by atoms with van der Waals surface area (Å²) in [6.07, 6.45) is 0.733. The summed E-state index contributed by atoms with van der Waals surface area (Å²) >= 11 is 0. The van der Waals surface area contributed by atoms with Crippen molar-refractivity contribution >= 4 is 28.7 Å². The molecular weight excluding hydrogens is 320 g/mol. The second kappa shape index (κ2) is 7.17. The lowest BCUT2D eigenvalue weighted by molar-refractivity contribution is -0.124. The quantitative estimate of drug-likeness (QED) is 0.717. The Balaban J connectivity index is 1.75. The molecule has 0 aliphatic carbocycles. The molecule has 0 spiro atoms. The smallest absolute Gasteiger partial charge is 0.341 e. The van der Waals surface area contributed by atoms with Gasteiger partial charge in [-0.2, -0.15) is 0 Å². The van der Waals surface area contributed by atoms with Gasteiger partial charge in [0.15, 0.2) is 18.1 Å². The van der Waals surface area contributed by atoms with E-state index in [4.69, 9.17) is 9.15 Å². The van der Waals surface area contributed by atoms with Gasteiger partial charge in [0.2, 0.25) is 0 Å². The molecule has 1 aromatic heterocycles. The first-order valence-electron chi connectivity index (χ1n) is 8.00. The maximum absolute atomic E-state index is 12.5. The van der Waals surface area contributed by atoms with Crippen molar-refractivity contribution in [1.82, 2.24) is 4.98 Å². The van der Waals surface area contributed by atoms with E-state index in [1.807, 2.05) is 25.1 Å². The van der Waals surface area contributed by atoms with Crippen LogP contribution in [0, 0.1) is 6.92 Å². The zero-order valence-corrected chi connectivity index (χ0v) is 14.0. The van der Waals surface area contributed by atoms with Crippen molar-refractivity contribution in [2.24, 2.45) is 0 Å². The number of benzene rings is 2. The third-order valence-electron chi connectivity index (χ3n) is 3.90. The molecule has 6 nitrogen and oxygen atoms in total. The molecule has 1 amide bonds. The van der Waals surface area contributed by atoms with Crippen molar-refractivity contribution in [3.63, 3.8) is 0 Å². The van der Waals surface area contributed by atoms with Crippen LogP contribution in [0.3, 0.4) is 0 Å². The van der Waals surface area contributed by atoms with Crippen LogP contribution in [0.25, 0.3) is 11.1 Å². The lowest BCUT2D eigenvalue weighted by Crippen LogP contribution is -2.32. The first kappa shape index (κ1) is 16.7. The molecule has 1 N–H and O–H groups in total. The molecule has 3 rings (SSSR count). The Hall–Kier alpha value is -3.15. The minimum absolute atomic E-state index is 0.272. The molecule has 2 aromatic carbocycles. The highest BCUT2D eigenvalue weighted by Gasteiger charge is 2.24. The maximum atomic E-state index is 12.5. The molecule has 128 valence electrons. The number of hydrogen-bond donors (Lipinski definition) is 1. The van der Waals surface area contributed by atoms with Gasteiger partial charge < -0.3 is 14.5 Å². The number of carbonyl (C=O) groups is 2. The topological polar surface area (TPSA) is 81.4 Å². The van der Waals surface area contributed by atoms with E-state index in [0.29, 0.717) is 23.2 Å². The van der Waals surface area contributed by atoms with Crippen LogP contribution in [0.4, 0.5) is 5.69 Å². The van der Waals surface area contributed by atoms with Gasteiger partial charge in [-0.1, -0.05) is 31.2 Å². The monoisotopic (exact) mass is 338 g/mol. The van der Waals surface area contributed by atoms with Gasteiger partial charge in [-0.05, 0) is 37.1 Å². The number of hydrogen-bond acceptors (Lipinski definition) is 5. The Labute approximate surface area is 144 Å². The standard InChI is InChI=1S/C19H18N2O4/c1-3-15(18(22)21-14-9-5-4-7-12(14)2)25-19(23)13-8-6-10-16-17(13)20-11-24-16/h4-11,15H,3H2,1-2H3,(H,21,22). The van der Waals surface area contributed by atoms with Crippen LogP contribution < -0.4 is 5.32 Å². The molecule has 0 saturated heterocycles. The molecule has 1 atom stereocenters. The summed E-state index contributed by atoms with van der Waals surface area (Å²) < 4.78 is 10.6. The van der Waals surface area contributed by atoms with Crippen molar-refractivity contribution in [3.05, 3.63) is 60.0 Å². The van der Waals surface area contributed by atoms with Crippen LogP contribution in [0.15, 0.2) is 53.3 Å². The fourth-order valence-electron chi connectivity index (χ4n) is 2.49. The van der Waals surface area contributed by atoms with Gasteiger partial charge in [0.1, 0.15) is 5.52 Å². The van der Waals surface area contributed by atoms with Crippen LogP contribution in [0.5, 0.6) is 0 Å². The number of amides is 1. The molecule has 6 heteroatoms. The SMILES string of the molecule is CCC(OC(=O)c1cccc2ocnc12)C(=O)Nc1ccccc1C. The predicted octanol–water partition coefficient (Wildman–Crippen LogP) is 3.71. The Morgan fingerprint density at radius 3 is 2.76 bits per heavy atom. The van der Waals surface area contributed by atoms with Crippen LogP contribution in [-0.4, -0.2) is 23.0 Å². The highest BCUT2D eigenvalue weighted by atomic mass is 16.5. The number of para-hydroxylation sites is 2. The van der Waals surface area contributed by atoms with Gasteiger partial charge >= 0.3 is 5.97 Å². The van der Waals surface area contributed by atoms with E-state index in [9.17, 15) is 9.59 Å². The molecular formula is C19H18N2O4. The van der Waals surface area contributed by atoms with E-state index in [1.54, 1.807) is 31.2 Å². The molecule has 0 aliphatic heterocycles. The first-order chi connectivity index (χ1) is 12.1. The van der Waals surface area contributed by atoms with Crippen molar-refractivity contribution in [3.8, 4) is 0 Å². The Morgan fingerprint density at radius 1 is 1.20 bits per heavy atom. The minimum Gasteiger partial charge on any atom is -0.449 e. The fourth-order valence-corrected chi connectivity index (χ4v) is 2.49. The number of esters is 1. The zero-order chi connectivity index (χ0) is 17.8. The highest BCUT2D eigenvalue weighted by Crippen LogP contribution is 2.19. The number of rotatable bonds is 5. The summed E-state index contributed by atoms with van der Waals surface area (Å²) in [5.74, 6) is -0.969. The summed E-state index contributed by atoms with van der Waals surface area (Å²) in [7, 11) is 0. The molecule has 0 radical (unpaired) electrons. The molecule has 0 fully saturated rings. The lowest BCUT2D eigenvalue weighted by atomic mass is 10.1. The third kappa shape index (κ3) is 3.52. The van der Waals surface area contributed by atoms with Crippen LogP contribution in [0.1, 0.15) is 29.3 Å². The van der Waals surface area contributed by atoms with Gasteiger partial charge in [-0.25, -0.2) is 9.78 Å². The summed E-state index contributed by atoms with van der Waals surface area (Å²) in [4.78, 5) is 28.9. The normalized spacial score (nSPS) is 11.9. The second-order valence-corrected chi connectivity index (χ2v) is 5.61. The fraction of sp³-hybridized carbons (Fsp3) is 0.211. The zero-order valence-electron chi connectivity index (χ0n) is 14.0. The third-order valence-corrected chi connectivity index (χ3v) is 3.90. The van der Waals surface area contributed by atoms with Crippen LogP contribution in [0.2, 0.25) is 0 Å². The van der Waals surface area contributed by atoms with E-state index in [2.05, 4.69) is 10.3 Å². The predicted molar refractivity (Wildman–Crippen MR) is 93.3 cm³/mol. The summed E-state index contributed by atoms with van der Waals surface area (Å²) in [5.41, 5.74) is 2.81. The van der Waals surface area contributed by atoms with Crippen LogP contribution >= 0.6 is 0 Å². The number of carbonyl (C=O) groups excluding carboxylic acids is 2. The molecule has 0 aliphatic rings. The Morgan fingerprint density at radius 2 is 2.00 bits per heavy atom. The average Bonchev–Trinajstić information content (AvgIpc) is 3.10. The Kier molecular flexibility index (Phi) is 4.79. The maximum Gasteiger partial charge on any atom is 0.341 e. The van der Waals surface area contributed by atoms with Gasteiger partial charge in [-0.3, -0.25) is 4.79 Å². The molecule has 25 heavy (non-hydrogen) atoms. The van der Waals surface area contributed by atoms with E-state index in [1.165, 1.54) is 6.39 Å². The second-order valence-electron chi connectivity index (χ2n) is 5.61. The average molecular weight is 338 g/mol. The van der Waals surface area contributed by atoms with Gasteiger partial charge in [0.05, 0.1) is 5.56 Å². The minimum atomic E-state index is -0.894. The number of aromatic nitrogens is 1. The molecule has 1 heterocycles. The number of anilines is 1. The molecule has 3 aromatic rings. The van der Waals surface area contributed by atoms with E-state index in [0.717, 1.165) is 5.56 Å². The van der Waals surface area contributed by atoms with Crippen molar-refractivity contribution in [1.29, 1.82) is 0 Å². The largest absolute Gasteiger partial charge is 0.449 e. The highest BCUT2D eigenvalue weighted by molar-refractivity contribution is 6.03. The van der Waals surface area contributed by atoms with Gasteiger partial charge in [0.25, 0.3) is 5.91 Å². The van der Waals surface area contributed by atoms with E-state index < -0.39 is 12.1 Å². The molecule has 0 bridgehead atoms. The molecule has 1 unspecified atom stereocenters. The van der Waals surface area contributed by atoms with Gasteiger partial charge in [0, 0.05) is 5.69 Å². The summed E-state index contributed by atoms with van der Waals surface area (Å²) in [5, 5.41) is 2.80. The van der Waals surface area contributed by atoms with Crippen molar-refractivity contribution in [2.45, 2.75) is 26.4 Å². The number of fused-ring (bicyclic) bond motifs is 1. The number of nitrogens with zero attached hydrogens (tertiary/aromatic N) is 1. The van der Waals surface area contributed by atoms with Gasteiger partial charge in [-0.15, -0.1) is 0 Å². The summed E-state index contributed by atoms with van der Waals surface area (Å²) in [6.45, 7) is 3.68. The number of oxazole rings is 1. The number of aryl methyl sites for hydroxylation is 1. The molecule has 0 saturated carbocycles. The van der Waals surface area contributed by atoms with Crippen LogP contribution in [-0.2, 0) is 9.53 Å². The van der Waals surface area contributed by atoms with Crippen molar-refractivity contribution < 1.29 is 18.7 Å².